The zero-order valence-electron chi connectivity index (χ0n) is 21.6. The molecule has 0 unspecified atom stereocenters. The van der Waals surface area contributed by atoms with Crippen molar-refractivity contribution >= 4 is 33.0 Å². The van der Waals surface area contributed by atoms with Crippen LogP contribution < -0.4 is 20.5 Å². The lowest BCUT2D eigenvalue weighted by molar-refractivity contribution is 0.0786. The van der Waals surface area contributed by atoms with Crippen molar-refractivity contribution in [2.75, 3.05) is 40.4 Å². The lowest BCUT2D eigenvalue weighted by Crippen LogP contribution is -2.36. The summed E-state index contributed by atoms with van der Waals surface area (Å²) in [5.74, 6) is -1.71. The van der Waals surface area contributed by atoms with Crippen molar-refractivity contribution in [2.45, 2.75) is 57.4 Å². The number of alkyl halides is 2. The largest absolute Gasteiger partial charge is 0.395 e. The van der Waals surface area contributed by atoms with E-state index in [0.29, 0.717) is 29.5 Å². The van der Waals surface area contributed by atoms with Crippen LogP contribution in [0.2, 0.25) is 0 Å². The molecule has 1 amide bonds. The van der Waals surface area contributed by atoms with Gasteiger partial charge in [0.1, 0.15) is 5.69 Å². The molecule has 39 heavy (non-hydrogen) atoms. The minimum atomic E-state index is -3.76. The molecule has 212 valence electrons. The second-order valence-corrected chi connectivity index (χ2v) is 12.9. The van der Waals surface area contributed by atoms with Crippen LogP contribution in [0, 0.1) is 11.3 Å². The van der Waals surface area contributed by atoms with Gasteiger partial charge in [-0.05, 0) is 80.7 Å². The van der Waals surface area contributed by atoms with Gasteiger partial charge in [0.15, 0.2) is 0 Å². The number of aliphatic hydroxyl groups excluding tert-OH is 1. The van der Waals surface area contributed by atoms with E-state index in [-0.39, 0.29) is 23.8 Å². The molecule has 2 saturated carbocycles. The Morgan fingerprint density at radius 3 is 2.51 bits per heavy atom. The molecular weight excluding hydrogens is 530 g/mol. The summed E-state index contributed by atoms with van der Waals surface area (Å²) >= 11 is 0. The molecule has 0 radical (unpaired) electrons. The van der Waals surface area contributed by atoms with Crippen LogP contribution in [0.3, 0.4) is 0 Å². The maximum atomic E-state index is 13.5. The Bertz CT molecular complexity index is 1380. The Morgan fingerprint density at radius 1 is 1.13 bits per heavy atom. The van der Waals surface area contributed by atoms with E-state index in [9.17, 15) is 26.8 Å². The summed E-state index contributed by atoms with van der Waals surface area (Å²) in [4.78, 5) is 28.7. The van der Waals surface area contributed by atoms with Gasteiger partial charge in [0.25, 0.3) is 11.5 Å². The molecule has 1 saturated heterocycles. The first-order valence-corrected chi connectivity index (χ1v) is 15.1. The number of benzene rings is 1. The minimum absolute atomic E-state index is 0.0530. The standard InChI is InChI=1S/C27H34F2N4O5S/c28-24(29)18-3-5-20(16-18)33-11-1-2-22(26(33)36)30-25(35)21-6-4-19(31-39(37,38)15-14-34)17-23(21)32-12-9-27(7-8-27)10-13-32/h1-2,4,6,11,17-18,20,24,31,34H,3,5,7-10,12-16H2,(H,30,35)/t18-,20+/m1/s1. The van der Waals surface area contributed by atoms with E-state index in [1.54, 1.807) is 18.3 Å². The number of aliphatic hydroxyl groups is 1. The van der Waals surface area contributed by atoms with Crippen LogP contribution in [0.1, 0.15) is 61.3 Å². The Labute approximate surface area is 226 Å². The van der Waals surface area contributed by atoms with Gasteiger partial charge in [0.05, 0.1) is 29.3 Å². The van der Waals surface area contributed by atoms with E-state index in [1.807, 2.05) is 0 Å². The van der Waals surface area contributed by atoms with Crippen molar-refractivity contribution in [1.82, 2.24) is 4.57 Å². The van der Waals surface area contributed by atoms with E-state index in [4.69, 9.17) is 5.11 Å². The number of amides is 1. The number of carbonyl (C=O) groups excluding carboxylic acids is 1. The van der Waals surface area contributed by atoms with Gasteiger partial charge in [0.2, 0.25) is 16.4 Å². The first-order valence-electron chi connectivity index (χ1n) is 13.4. The number of carbonyl (C=O) groups is 1. The number of hydrogen-bond donors (Lipinski definition) is 3. The number of anilines is 3. The average Bonchev–Trinajstić information content (AvgIpc) is 3.45. The predicted octanol–water partition coefficient (Wildman–Crippen LogP) is 3.82. The number of piperidine rings is 1. The van der Waals surface area contributed by atoms with Gasteiger partial charge in [-0.1, -0.05) is 0 Å². The van der Waals surface area contributed by atoms with Crippen LogP contribution in [0.5, 0.6) is 0 Å². The summed E-state index contributed by atoms with van der Waals surface area (Å²) in [5.41, 5.74) is 1.11. The smallest absolute Gasteiger partial charge is 0.274 e. The third kappa shape index (κ3) is 6.11. The molecule has 2 heterocycles. The number of sulfonamides is 1. The molecule has 1 aromatic carbocycles. The van der Waals surface area contributed by atoms with Crippen LogP contribution >= 0.6 is 0 Å². The fourth-order valence-corrected chi connectivity index (χ4v) is 6.68. The first kappa shape index (κ1) is 27.6. The van der Waals surface area contributed by atoms with Crippen LogP contribution in [-0.4, -0.2) is 55.9 Å². The highest BCUT2D eigenvalue weighted by atomic mass is 32.2. The average molecular weight is 565 g/mol. The summed E-state index contributed by atoms with van der Waals surface area (Å²) in [6.45, 7) is 0.922. The second kappa shape index (κ2) is 10.9. The number of hydrogen-bond acceptors (Lipinski definition) is 6. The first-order chi connectivity index (χ1) is 18.6. The minimum Gasteiger partial charge on any atom is -0.395 e. The summed E-state index contributed by atoms with van der Waals surface area (Å²) in [7, 11) is -3.76. The van der Waals surface area contributed by atoms with Gasteiger partial charge in [-0.3, -0.25) is 14.3 Å². The molecule has 1 aliphatic heterocycles. The fourth-order valence-electron chi connectivity index (χ4n) is 5.85. The molecule has 0 bridgehead atoms. The van der Waals surface area contributed by atoms with Crippen molar-refractivity contribution < 1.29 is 27.1 Å². The third-order valence-corrected chi connectivity index (χ3v) is 9.68. The third-order valence-electron chi connectivity index (χ3n) is 8.42. The van der Waals surface area contributed by atoms with Gasteiger partial charge >= 0.3 is 0 Å². The number of nitrogens with zero attached hydrogens (tertiary/aromatic N) is 2. The highest BCUT2D eigenvalue weighted by molar-refractivity contribution is 7.92. The zero-order chi connectivity index (χ0) is 27.8. The van der Waals surface area contributed by atoms with Crippen molar-refractivity contribution in [3.63, 3.8) is 0 Å². The Hall–Kier alpha value is -2.99. The SMILES string of the molecule is O=C(Nc1cccn([C@H]2CC[C@@H](C(F)F)C2)c1=O)c1ccc(NS(=O)(=O)CCO)cc1N1CCC2(CC1)CC2. The van der Waals surface area contributed by atoms with Gasteiger partial charge in [0, 0.05) is 31.2 Å². The van der Waals surface area contributed by atoms with Crippen molar-refractivity contribution in [2.24, 2.45) is 11.3 Å². The molecule has 2 atom stereocenters. The maximum absolute atomic E-state index is 13.5. The van der Waals surface area contributed by atoms with Gasteiger partial charge < -0.3 is 19.9 Å². The summed E-state index contributed by atoms with van der Waals surface area (Å²) in [6.07, 6.45) is 4.55. The summed E-state index contributed by atoms with van der Waals surface area (Å²) < 4.78 is 54.7. The van der Waals surface area contributed by atoms with Crippen molar-refractivity contribution in [3.8, 4) is 0 Å². The van der Waals surface area contributed by atoms with E-state index in [1.165, 1.54) is 35.6 Å². The molecule has 3 aliphatic rings. The predicted molar refractivity (Wildman–Crippen MR) is 145 cm³/mol. The van der Waals surface area contributed by atoms with Gasteiger partial charge in [-0.25, -0.2) is 17.2 Å². The molecule has 3 fully saturated rings. The molecule has 2 aromatic rings. The Morgan fingerprint density at radius 2 is 1.87 bits per heavy atom. The Balaban J connectivity index is 1.40. The van der Waals surface area contributed by atoms with Crippen molar-refractivity contribution in [1.29, 1.82) is 0 Å². The maximum Gasteiger partial charge on any atom is 0.274 e. The molecule has 1 aromatic heterocycles. The highest BCUT2D eigenvalue weighted by Gasteiger charge is 2.44. The Kier molecular flexibility index (Phi) is 7.69. The van der Waals surface area contributed by atoms with E-state index < -0.39 is 46.2 Å². The quantitative estimate of drug-likeness (QED) is 0.426. The monoisotopic (exact) mass is 564 g/mol. The van der Waals surface area contributed by atoms with E-state index in [2.05, 4.69) is 14.9 Å². The lowest BCUT2D eigenvalue weighted by atomic mass is 9.93. The molecule has 2 aliphatic carbocycles. The molecular formula is C27H34F2N4O5S. The number of pyridine rings is 1. The highest BCUT2D eigenvalue weighted by Crippen LogP contribution is 2.54. The normalized spacial score (nSPS) is 22.3. The number of rotatable bonds is 9. The van der Waals surface area contributed by atoms with Crippen molar-refractivity contribution in [3.05, 3.63) is 52.4 Å². The lowest BCUT2D eigenvalue weighted by Gasteiger charge is -2.35. The number of halogens is 2. The molecule has 9 nitrogen and oxygen atoms in total. The van der Waals surface area contributed by atoms with E-state index >= 15 is 0 Å². The van der Waals surface area contributed by atoms with Gasteiger partial charge in [-0.2, -0.15) is 0 Å². The molecule has 5 rings (SSSR count). The molecule has 12 heteroatoms. The van der Waals surface area contributed by atoms with Crippen LogP contribution in [0.15, 0.2) is 41.3 Å². The van der Waals surface area contributed by atoms with Crippen LogP contribution in [0.4, 0.5) is 25.8 Å². The molecule has 3 N–H and O–H groups in total. The zero-order valence-corrected chi connectivity index (χ0v) is 22.4. The van der Waals surface area contributed by atoms with E-state index in [0.717, 1.165) is 25.9 Å². The molecule has 1 spiro atoms. The number of nitrogens with one attached hydrogen (secondary N) is 2. The summed E-state index contributed by atoms with van der Waals surface area (Å²) in [6, 6.07) is 7.37. The number of aromatic nitrogens is 1. The van der Waals surface area contributed by atoms with Crippen LogP contribution in [0.25, 0.3) is 0 Å². The second-order valence-electron chi connectivity index (χ2n) is 11.0. The van der Waals surface area contributed by atoms with Gasteiger partial charge in [-0.15, -0.1) is 0 Å². The topological polar surface area (TPSA) is 121 Å². The van der Waals surface area contributed by atoms with Crippen LogP contribution in [-0.2, 0) is 10.0 Å². The fraction of sp³-hybridized carbons (Fsp3) is 0.556. The summed E-state index contributed by atoms with van der Waals surface area (Å²) in [5, 5.41) is 11.8.